The Bertz CT molecular complexity index is 352. The lowest BCUT2D eigenvalue weighted by atomic mass is 10.2. The normalized spacial score (nSPS) is 17.5. The zero-order chi connectivity index (χ0) is 9.97. The van der Waals surface area contributed by atoms with E-state index in [9.17, 15) is 4.79 Å². The van der Waals surface area contributed by atoms with Gasteiger partial charge in [0.15, 0.2) is 5.17 Å². The van der Waals surface area contributed by atoms with Crippen LogP contribution >= 0.6 is 24.2 Å². The van der Waals surface area contributed by atoms with E-state index in [0.717, 1.165) is 5.17 Å². The smallest absolute Gasteiger partial charge is 0.337 e. The quantitative estimate of drug-likeness (QED) is 0.696. The Morgan fingerprint density at radius 3 is 3.27 bits per heavy atom. The minimum atomic E-state index is -0.277. The molecule has 0 radical (unpaired) electrons. The molecule has 15 heavy (non-hydrogen) atoms. The van der Waals surface area contributed by atoms with E-state index in [-0.39, 0.29) is 18.4 Å². The Balaban J connectivity index is 0.00000112. The van der Waals surface area contributed by atoms with Gasteiger partial charge in [0.2, 0.25) is 0 Å². The monoisotopic (exact) mass is 246 g/mol. The highest BCUT2D eigenvalue weighted by atomic mass is 35.5. The Hall–Kier alpha value is -0.940. The summed E-state index contributed by atoms with van der Waals surface area (Å²) >= 11 is 1.55. The van der Waals surface area contributed by atoms with E-state index in [1.165, 1.54) is 0 Å². The van der Waals surface area contributed by atoms with Crippen LogP contribution in [0.1, 0.15) is 6.92 Å². The molecular weight excluding hydrogens is 236 g/mol. The fourth-order valence-corrected chi connectivity index (χ4v) is 1.92. The van der Waals surface area contributed by atoms with Crippen molar-refractivity contribution in [1.29, 1.82) is 0 Å². The number of fused-ring (bicyclic) bond motifs is 1. The average molecular weight is 247 g/mol. The highest BCUT2D eigenvalue weighted by Gasteiger charge is 2.22. The number of amidine groups is 1. The standard InChI is InChI=1S/C9H10N2O2S.ClH/c1-2-13-8(12)7-5-10-9-11(6-7)3-4-14-9;/h3-5H,2,6H2,1H3;1H. The molecule has 0 fully saturated rings. The largest absolute Gasteiger partial charge is 0.463 e. The van der Waals surface area contributed by atoms with E-state index in [1.54, 1.807) is 24.9 Å². The van der Waals surface area contributed by atoms with E-state index in [2.05, 4.69) is 4.99 Å². The molecule has 0 unspecified atom stereocenters. The highest BCUT2D eigenvalue weighted by molar-refractivity contribution is 8.16. The number of aliphatic imine (C=N–C) groups is 1. The van der Waals surface area contributed by atoms with Crippen LogP contribution in [0.4, 0.5) is 0 Å². The first-order chi connectivity index (χ1) is 6.81. The maximum atomic E-state index is 11.4. The molecular formula is C9H11ClN2O2S. The van der Waals surface area contributed by atoms with Gasteiger partial charge in [-0.15, -0.1) is 12.4 Å². The van der Waals surface area contributed by atoms with Gasteiger partial charge in [-0.25, -0.2) is 9.79 Å². The Labute approximate surface area is 98.5 Å². The van der Waals surface area contributed by atoms with Gasteiger partial charge in [-0.1, -0.05) is 11.8 Å². The van der Waals surface area contributed by atoms with Crippen molar-refractivity contribution in [3.8, 4) is 0 Å². The van der Waals surface area contributed by atoms with Crippen LogP contribution in [-0.4, -0.2) is 29.2 Å². The summed E-state index contributed by atoms with van der Waals surface area (Å²) in [5.74, 6) is -0.277. The van der Waals surface area contributed by atoms with Crippen LogP contribution in [0.3, 0.4) is 0 Å². The number of carbonyl (C=O) groups is 1. The van der Waals surface area contributed by atoms with Crippen molar-refractivity contribution in [3.05, 3.63) is 23.4 Å². The Kier molecular flexibility index (Phi) is 4.23. The third-order valence-corrected chi connectivity index (χ3v) is 2.68. The second-order valence-electron chi connectivity index (χ2n) is 2.82. The van der Waals surface area contributed by atoms with Crippen molar-refractivity contribution in [1.82, 2.24) is 4.90 Å². The molecule has 0 atom stereocenters. The predicted octanol–water partition coefficient (Wildman–Crippen LogP) is 1.74. The van der Waals surface area contributed by atoms with E-state index >= 15 is 0 Å². The third-order valence-electron chi connectivity index (χ3n) is 1.87. The van der Waals surface area contributed by atoms with E-state index in [4.69, 9.17) is 4.74 Å². The molecule has 0 saturated carbocycles. The number of halogens is 1. The van der Waals surface area contributed by atoms with Crippen molar-refractivity contribution in [2.75, 3.05) is 13.2 Å². The molecule has 0 saturated heterocycles. The van der Waals surface area contributed by atoms with Crippen molar-refractivity contribution < 1.29 is 9.53 Å². The van der Waals surface area contributed by atoms with Crippen molar-refractivity contribution in [3.63, 3.8) is 0 Å². The molecule has 2 aliphatic heterocycles. The van der Waals surface area contributed by atoms with Crippen LogP contribution < -0.4 is 0 Å². The zero-order valence-electron chi connectivity index (χ0n) is 8.17. The summed E-state index contributed by atoms with van der Waals surface area (Å²) in [5.41, 5.74) is 0.600. The molecule has 0 aromatic carbocycles. The highest BCUT2D eigenvalue weighted by Crippen LogP contribution is 2.24. The molecule has 0 N–H and O–H groups in total. The minimum Gasteiger partial charge on any atom is -0.463 e. The average Bonchev–Trinajstić information content (AvgIpc) is 2.64. The van der Waals surface area contributed by atoms with E-state index in [1.807, 2.05) is 16.5 Å². The summed E-state index contributed by atoms with van der Waals surface area (Å²) in [6.07, 6.45) is 3.50. The fourth-order valence-electron chi connectivity index (χ4n) is 1.22. The lowest BCUT2D eigenvalue weighted by Gasteiger charge is -2.20. The number of ether oxygens (including phenoxy) is 1. The molecule has 0 amide bonds. The van der Waals surface area contributed by atoms with Crippen LogP contribution in [0.25, 0.3) is 0 Å². The second-order valence-corrected chi connectivity index (χ2v) is 3.69. The molecule has 4 nitrogen and oxygen atoms in total. The SMILES string of the molecule is CCOC(=O)C1=CN=C2SC=CN2C1.Cl. The number of esters is 1. The lowest BCUT2D eigenvalue weighted by Crippen LogP contribution is -2.28. The third kappa shape index (κ3) is 2.54. The van der Waals surface area contributed by atoms with Gasteiger partial charge in [-0.05, 0) is 12.3 Å². The zero-order valence-corrected chi connectivity index (χ0v) is 9.81. The van der Waals surface area contributed by atoms with E-state index in [0.29, 0.717) is 18.7 Å². The molecule has 6 heteroatoms. The molecule has 0 spiro atoms. The Morgan fingerprint density at radius 2 is 2.53 bits per heavy atom. The van der Waals surface area contributed by atoms with Gasteiger partial charge < -0.3 is 9.64 Å². The van der Waals surface area contributed by atoms with Gasteiger partial charge in [-0.2, -0.15) is 0 Å². The van der Waals surface area contributed by atoms with Crippen molar-refractivity contribution in [2.45, 2.75) is 6.92 Å². The molecule has 0 aliphatic carbocycles. The van der Waals surface area contributed by atoms with Gasteiger partial charge in [0, 0.05) is 12.4 Å². The predicted molar refractivity (Wildman–Crippen MR) is 62.8 cm³/mol. The number of carbonyl (C=O) groups excluding carboxylic acids is 1. The summed E-state index contributed by atoms with van der Waals surface area (Å²) in [6.45, 7) is 2.75. The summed E-state index contributed by atoms with van der Waals surface area (Å²) in [6, 6.07) is 0. The topological polar surface area (TPSA) is 41.9 Å². The van der Waals surface area contributed by atoms with E-state index < -0.39 is 0 Å². The molecule has 2 rings (SSSR count). The van der Waals surface area contributed by atoms with Crippen LogP contribution in [0.5, 0.6) is 0 Å². The van der Waals surface area contributed by atoms with Gasteiger partial charge in [0.05, 0.1) is 18.7 Å². The first-order valence-electron chi connectivity index (χ1n) is 4.35. The van der Waals surface area contributed by atoms with Crippen LogP contribution in [0.2, 0.25) is 0 Å². The fraction of sp³-hybridized carbons (Fsp3) is 0.333. The van der Waals surface area contributed by atoms with Gasteiger partial charge in [0.1, 0.15) is 0 Å². The summed E-state index contributed by atoms with van der Waals surface area (Å²) < 4.78 is 4.90. The number of thioether (sulfide) groups is 1. The number of hydrogen-bond acceptors (Lipinski definition) is 5. The molecule has 0 aromatic heterocycles. The molecule has 2 heterocycles. The van der Waals surface area contributed by atoms with Crippen LogP contribution in [0.15, 0.2) is 28.4 Å². The van der Waals surface area contributed by atoms with Crippen LogP contribution in [-0.2, 0) is 9.53 Å². The van der Waals surface area contributed by atoms with Crippen molar-refractivity contribution >= 4 is 35.3 Å². The minimum absolute atomic E-state index is 0. The number of hydrogen-bond donors (Lipinski definition) is 0. The summed E-state index contributed by atoms with van der Waals surface area (Å²) in [7, 11) is 0. The molecule has 82 valence electrons. The summed E-state index contributed by atoms with van der Waals surface area (Å²) in [4.78, 5) is 17.5. The summed E-state index contributed by atoms with van der Waals surface area (Å²) in [5, 5.41) is 2.86. The first kappa shape index (κ1) is 12.1. The maximum Gasteiger partial charge on any atom is 0.337 e. The van der Waals surface area contributed by atoms with Crippen LogP contribution in [0, 0.1) is 0 Å². The molecule has 2 aliphatic rings. The Morgan fingerprint density at radius 1 is 1.73 bits per heavy atom. The maximum absolute atomic E-state index is 11.4. The number of nitrogens with zero attached hydrogens (tertiary/aromatic N) is 2. The first-order valence-corrected chi connectivity index (χ1v) is 5.23. The van der Waals surface area contributed by atoms with Crippen molar-refractivity contribution in [2.24, 2.45) is 4.99 Å². The molecule has 0 bridgehead atoms. The van der Waals surface area contributed by atoms with Gasteiger partial charge in [0.25, 0.3) is 0 Å². The second kappa shape index (κ2) is 5.23. The lowest BCUT2D eigenvalue weighted by molar-refractivity contribution is -0.138. The van der Waals surface area contributed by atoms with Gasteiger partial charge in [-0.3, -0.25) is 0 Å². The molecule has 0 aromatic rings. The number of rotatable bonds is 2. The van der Waals surface area contributed by atoms with Gasteiger partial charge >= 0.3 is 5.97 Å².